The van der Waals surface area contributed by atoms with Gasteiger partial charge in [0.05, 0.1) is 18.2 Å². The lowest BCUT2D eigenvalue weighted by molar-refractivity contribution is 0.166. The molecule has 0 aromatic heterocycles. The molecule has 84 valence electrons. The Morgan fingerprint density at radius 1 is 1.53 bits per heavy atom. The standard InChI is InChI=1S/C10H14ClNO3/c1-15-6-4-7(9(13)2-3-12)10(14)8(11)5-6/h4-5,9,13-14H,2-3,12H2,1H3. The fourth-order valence-electron chi connectivity index (χ4n) is 1.28. The summed E-state index contributed by atoms with van der Waals surface area (Å²) in [6, 6.07) is 3.02. The zero-order valence-electron chi connectivity index (χ0n) is 8.40. The second kappa shape index (κ2) is 5.21. The van der Waals surface area contributed by atoms with E-state index in [1.807, 2.05) is 0 Å². The van der Waals surface area contributed by atoms with Gasteiger partial charge in [-0.2, -0.15) is 0 Å². The van der Waals surface area contributed by atoms with E-state index in [9.17, 15) is 10.2 Å². The fraction of sp³-hybridized carbons (Fsp3) is 0.400. The number of benzene rings is 1. The van der Waals surface area contributed by atoms with Gasteiger partial charge >= 0.3 is 0 Å². The number of phenols is 1. The Bertz CT molecular complexity index is 344. The molecule has 0 saturated heterocycles. The van der Waals surface area contributed by atoms with Gasteiger partial charge < -0.3 is 20.7 Å². The minimum Gasteiger partial charge on any atom is -0.506 e. The summed E-state index contributed by atoms with van der Waals surface area (Å²) >= 11 is 5.77. The van der Waals surface area contributed by atoms with Crippen molar-refractivity contribution in [3.05, 3.63) is 22.7 Å². The van der Waals surface area contributed by atoms with Gasteiger partial charge in [-0.3, -0.25) is 0 Å². The summed E-state index contributed by atoms with van der Waals surface area (Å²) < 4.78 is 4.98. The van der Waals surface area contributed by atoms with Crippen LogP contribution in [0.5, 0.6) is 11.5 Å². The molecule has 0 bridgehead atoms. The minimum absolute atomic E-state index is 0.126. The average molecular weight is 232 g/mol. The SMILES string of the molecule is COc1cc(Cl)c(O)c(C(O)CCN)c1. The number of aromatic hydroxyl groups is 1. The van der Waals surface area contributed by atoms with Crippen molar-refractivity contribution in [1.29, 1.82) is 0 Å². The number of aliphatic hydroxyl groups is 1. The topological polar surface area (TPSA) is 75.7 Å². The number of rotatable bonds is 4. The van der Waals surface area contributed by atoms with Crippen molar-refractivity contribution in [3.8, 4) is 11.5 Å². The first-order chi connectivity index (χ1) is 7.10. The van der Waals surface area contributed by atoms with E-state index < -0.39 is 6.10 Å². The van der Waals surface area contributed by atoms with Crippen LogP contribution in [-0.2, 0) is 0 Å². The van der Waals surface area contributed by atoms with Crippen LogP contribution in [0.25, 0.3) is 0 Å². The number of aliphatic hydroxyl groups excluding tert-OH is 1. The van der Waals surface area contributed by atoms with Crippen molar-refractivity contribution >= 4 is 11.6 Å². The van der Waals surface area contributed by atoms with E-state index in [4.69, 9.17) is 22.1 Å². The third kappa shape index (κ3) is 2.75. The molecule has 4 N–H and O–H groups in total. The maximum Gasteiger partial charge on any atom is 0.140 e. The summed E-state index contributed by atoms with van der Waals surface area (Å²) in [6.07, 6.45) is -0.473. The highest BCUT2D eigenvalue weighted by atomic mass is 35.5. The molecule has 0 aliphatic heterocycles. The number of hydrogen-bond acceptors (Lipinski definition) is 4. The number of ether oxygens (including phenoxy) is 1. The molecule has 0 amide bonds. The van der Waals surface area contributed by atoms with E-state index in [2.05, 4.69) is 0 Å². The molecule has 0 aliphatic carbocycles. The summed E-state index contributed by atoms with van der Waals surface area (Å²) in [5.41, 5.74) is 5.66. The lowest BCUT2D eigenvalue weighted by atomic mass is 10.1. The number of methoxy groups -OCH3 is 1. The van der Waals surface area contributed by atoms with Gasteiger partial charge in [0.1, 0.15) is 11.5 Å². The molecule has 1 unspecified atom stereocenters. The summed E-state index contributed by atoms with van der Waals surface area (Å²) in [5, 5.41) is 19.5. The fourth-order valence-corrected chi connectivity index (χ4v) is 1.50. The molecule has 1 aromatic carbocycles. The maximum absolute atomic E-state index is 9.69. The number of hydrogen-bond donors (Lipinski definition) is 3. The molecule has 0 fully saturated rings. The molecule has 0 aliphatic rings. The van der Waals surface area contributed by atoms with Crippen LogP contribution in [-0.4, -0.2) is 23.9 Å². The minimum atomic E-state index is -0.831. The Morgan fingerprint density at radius 3 is 2.73 bits per heavy atom. The van der Waals surface area contributed by atoms with Crippen LogP contribution in [0, 0.1) is 0 Å². The van der Waals surface area contributed by atoms with Crippen molar-refractivity contribution in [1.82, 2.24) is 0 Å². The number of phenolic OH excluding ortho intramolecular Hbond substituents is 1. The predicted molar refractivity (Wildman–Crippen MR) is 58.3 cm³/mol. The molecule has 0 heterocycles. The normalized spacial score (nSPS) is 12.5. The Kier molecular flexibility index (Phi) is 4.20. The van der Waals surface area contributed by atoms with Crippen LogP contribution in [0.4, 0.5) is 0 Å². The quantitative estimate of drug-likeness (QED) is 0.733. The van der Waals surface area contributed by atoms with Gasteiger partial charge in [-0.1, -0.05) is 11.6 Å². The summed E-state index contributed by atoms with van der Waals surface area (Å²) in [7, 11) is 1.49. The summed E-state index contributed by atoms with van der Waals surface area (Å²) in [6.45, 7) is 0.329. The summed E-state index contributed by atoms with van der Waals surface area (Å²) in [4.78, 5) is 0. The van der Waals surface area contributed by atoms with Gasteiger partial charge in [0.15, 0.2) is 0 Å². The molecule has 1 rings (SSSR count). The first-order valence-electron chi connectivity index (χ1n) is 4.54. The van der Waals surface area contributed by atoms with Crippen molar-refractivity contribution in [2.24, 2.45) is 5.73 Å². The molecule has 0 spiro atoms. The van der Waals surface area contributed by atoms with Gasteiger partial charge in [0.25, 0.3) is 0 Å². The lowest BCUT2D eigenvalue weighted by Gasteiger charge is -2.14. The van der Waals surface area contributed by atoms with Crippen LogP contribution in [0.1, 0.15) is 18.1 Å². The second-order valence-corrected chi connectivity index (χ2v) is 3.55. The molecular weight excluding hydrogens is 218 g/mol. The van der Waals surface area contributed by atoms with Gasteiger partial charge in [-0.05, 0) is 19.0 Å². The van der Waals surface area contributed by atoms with E-state index in [0.29, 0.717) is 24.3 Å². The molecule has 0 radical (unpaired) electrons. The third-order valence-electron chi connectivity index (χ3n) is 2.10. The van der Waals surface area contributed by atoms with E-state index in [1.165, 1.54) is 13.2 Å². The molecular formula is C10H14ClNO3. The van der Waals surface area contributed by atoms with Crippen LogP contribution in [0.15, 0.2) is 12.1 Å². The highest BCUT2D eigenvalue weighted by Gasteiger charge is 2.15. The Balaban J connectivity index is 3.09. The van der Waals surface area contributed by atoms with E-state index in [-0.39, 0.29) is 10.8 Å². The van der Waals surface area contributed by atoms with Crippen LogP contribution in [0.3, 0.4) is 0 Å². The van der Waals surface area contributed by atoms with Gasteiger partial charge in [0.2, 0.25) is 0 Å². The molecule has 0 saturated carbocycles. The van der Waals surface area contributed by atoms with Crippen molar-refractivity contribution in [2.75, 3.05) is 13.7 Å². The second-order valence-electron chi connectivity index (χ2n) is 3.14. The van der Waals surface area contributed by atoms with Crippen molar-refractivity contribution in [3.63, 3.8) is 0 Å². The third-order valence-corrected chi connectivity index (χ3v) is 2.39. The van der Waals surface area contributed by atoms with Gasteiger partial charge in [-0.25, -0.2) is 0 Å². The van der Waals surface area contributed by atoms with Crippen LogP contribution < -0.4 is 10.5 Å². The average Bonchev–Trinajstić information content (AvgIpc) is 2.22. The highest BCUT2D eigenvalue weighted by Crippen LogP contribution is 2.36. The van der Waals surface area contributed by atoms with Gasteiger partial charge in [0, 0.05) is 11.6 Å². The van der Waals surface area contributed by atoms with Gasteiger partial charge in [-0.15, -0.1) is 0 Å². The Hall–Kier alpha value is -0.970. The van der Waals surface area contributed by atoms with Crippen molar-refractivity contribution < 1.29 is 14.9 Å². The maximum atomic E-state index is 9.69. The number of halogens is 1. The van der Waals surface area contributed by atoms with Crippen LogP contribution >= 0.6 is 11.6 Å². The zero-order chi connectivity index (χ0) is 11.4. The molecule has 15 heavy (non-hydrogen) atoms. The smallest absolute Gasteiger partial charge is 0.140 e. The molecule has 1 atom stereocenters. The molecule has 1 aromatic rings. The van der Waals surface area contributed by atoms with Crippen LogP contribution in [0.2, 0.25) is 5.02 Å². The van der Waals surface area contributed by atoms with E-state index in [1.54, 1.807) is 6.07 Å². The van der Waals surface area contributed by atoms with E-state index in [0.717, 1.165) is 0 Å². The van der Waals surface area contributed by atoms with Crippen molar-refractivity contribution in [2.45, 2.75) is 12.5 Å². The molecule has 5 heteroatoms. The largest absolute Gasteiger partial charge is 0.506 e. The zero-order valence-corrected chi connectivity index (χ0v) is 9.16. The Labute approximate surface area is 93.2 Å². The molecule has 4 nitrogen and oxygen atoms in total. The Morgan fingerprint density at radius 2 is 2.20 bits per heavy atom. The highest BCUT2D eigenvalue weighted by molar-refractivity contribution is 6.32. The first kappa shape index (κ1) is 12.1. The monoisotopic (exact) mass is 231 g/mol. The lowest BCUT2D eigenvalue weighted by Crippen LogP contribution is -2.07. The van der Waals surface area contributed by atoms with E-state index >= 15 is 0 Å². The summed E-state index contributed by atoms with van der Waals surface area (Å²) in [5.74, 6) is 0.363. The first-order valence-corrected chi connectivity index (χ1v) is 4.92. The number of nitrogens with two attached hydrogens (primary N) is 1. The predicted octanol–water partition coefficient (Wildman–Crippen LogP) is 1.44.